The lowest BCUT2D eigenvalue weighted by atomic mass is 10.0. The van der Waals surface area contributed by atoms with Gasteiger partial charge in [0, 0.05) is 12.5 Å². The molecular weight excluding hydrogens is 454 g/mol. The molecule has 0 spiro atoms. The smallest absolute Gasteiger partial charge is 0.263 e. The van der Waals surface area contributed by atoms with Gasteiger partial charge in [-0.15, -0.1) is 16.8 Å². The fourth-order valence-corrected chi connectivity index (χ4v) is 4.61. The van der Waals surface area contributed by atoms with Crippen molar-refractivity contribution in [1.29, 1.82) is 0 Å². The van der Waals surface area contributed by atoms with E-state index in [1.165, 1.54) is 16.3 Å². The zero-order valence-corrected chi connectivity index (χ0v) is 19.8. The first-order chi connectivity index (χ1) is 16.5. The number of amides is 1. The van der Waals surface area contributed by atoms with E-state index in [0.717, 1.165) is 18.7 Å². The quantitative estimate of drug-likeness (QED) is 0.287. The molecule has 10 nitrogen and oxygen atoms in total. The summed E-state index contributed by atoms with van der Waals surface area (Å²) in [5.41, 5.74) is 0.531. The second kappa shape index (κ2) is 9.05. The number of nitrogens with one attached hydrogen (secondary N) is 1. The molecular formula is C23H25N7O3S. The van der Waals surface area contributed by atoms with Gasteiger partial charge in [0.15, 0.2) is 11.0 Å². The fourth-order valence-electron chi connectivity index (χ4n) is 3.86. The van der Waals surface area contributed by atoms with Crippen LogP contribution in [0.3, 0.4) is 0 Å². The molecule has 0 aliphatic heterocycles. The van der Waals surface area contributed by atoms with Crippen molar-refractivity contribution in [3.63, 3.8) is 0 Å². The van der Waals surface area contributed by atoms with Gasteiger partial charge in [0.05, 0.1) is 16.7 Å². The minimum Gasteiger partial charge on any atom is -0.343 e. The summed E-state index contributed by atoms with van der Waals surface area (Å²) >= 11 is 1.25. The summed E-state index contributed by atoms with van der Waals surface area (Å²) in [7, 11) is 0. The molecule has 1 aromatic carbocycles. The number of rotatable bonds is 9. The highest BCUT2D eigenvalue weighted by atomic mass is 32.2. The minimum absolute atomic E-state index is 0.0765. The van der Waals surface area contributed by atoms with Crippen molar-refractivity contribution < 1.29 is 9.32 Å². The Morgan fingerprint density at radius 1 is 1.32 bits per heavy atom. The Kier molecular flexibility index (Phi) is 5.94. The van der Waals surface area contributed by atoms with Gasteiger partial charge in [-0.25, -0.2) is 0 Å². The number of benzene rings is 1. The third kappa shape index (κ3) is 4.11. The molecule has 1 unspecified atom stereocenters. The SMILES string of the molecule is C=CCn1c(=O)c2ccccc2n2c(SCC(=O)NC(c3nc(C4CC4)no3)C(C)C)nnc12. The number of nitrogens with zero attached hydrogens (tertiary/aromatic N) is 6. The van der Waals surface area contributed by atoms with Gasteiger partial charge in [0.2, 0.25) is 17.6 Å². The standard InChI is InChI=1S/C23H25N7O3S/c1-4-11-29-21(32)15-7-5-6-8-16(15)30-22(29)26-27-23(30)34-12-17(31)24-18(13(2)3)20-25-19(28-33-20)14-9-10-14/h4-8,13-14,18H,1,9-12H2,2-3H3,(H,24,31). The van der Waals surface area contributed by atoms with E-state index in [-0.39, 0.29) is 29.2 Å². The van der Waals surface area contributed by atoms with Crippen molar-refractivity contribution in [2.24, 2.45) is 5.92 Å². The van der Waals surface area contributed by atoms with Gasteiger partial charge in [-0.1, -0.05) is 49.0 Å². The molecule has 1 fully saturated rings. The monoisotopic (exact) mass is 479 g/mol. The second-order valence-corrected chi connectivity index (χ2v) is 9.63. The van der Waals surface area contributed by atoms with Gasteiger partial charge < -0.3 is 9.84 Å². The predicted octanol–water partition coefficient (Wildman–Crippen LogP) is 3.10. The Morgan fingerprint density at radius 3 is 2.85 bits per heavy atom. The number of aromatic nitrogens is 6. The average Bonchev–Trinajstić information content (AvgIpc) is 3.41. The van der Waals surface area contributed by atoms with Crippen LogP contribution in [-0.4, -0.2) is 41.0 Å². The molecule has 3 heterocycles. The van der Waals surface area contributed by atoms with Crippen molar-refractivity contribution in [1.82, 2.24) is 34.6 Å². The van der Waals surface area contributed by atoms with Crippen LogP contribution >= 0.6 is 11.8 Å². The van der Waals surface area contributed by atoms with E-state index >= 15 is 0 Å². The number of para-hydroxylation sites is 1. The highest BCUT2D eigenvalue weighted by Gasteiger charge is 2.31. The largest absolute Gasteiger partial charge is 0.343 e. The number of allylic oxidation sites excluding steroid dienone is 1. The first kappa shape index (κ1) is 22.3. The lowest BCUT2D eigenvalue weighted by Crippen LogP contribution is -2.33. The normalized spacial score (nSPS) is 14.7. The van der Waals surface area contributed by atoms with E-state index < -0.39 is 0 Å². The summed E-state index contributed by atoms with van der Waals surface area (Å²) in [4.78, 5) is 30.3. The van der Waals surface area contributed by atoms with Crippen LogP contribution in [0, 0.1) is 5.92 Å². The van der Waals surface area contributed by atoms with E-state index in [4.69, 9.17) is 4.52 Å². The number of fused-ring (bicyclic) bond motifs is 3. The maximum Gasteiger partial charge on any atom is 0.263 e. The Labute approximate surface area is 199 Å². The zero-order valence-electron chi connectivity index (χ0n) is 19.0. The van der Waals surface area contributed by atoms with Crippen LogP contribution in [0.1, 0.15) is 50.4 Å². The number of carbonyl (C=O) groups excluding carboxylic acids is 1. The van der Waals surface area contributed by atoms with E-state index in [1.807, 2.05) is 32.0 Å². The maximum absolute atomic E-state index is 12.9. The van der Waals surface area contributed by atoms with Gasteiger partial charge in [-0.2, -0.15) is 4.98 Å². The van der Waals surface area contributed by atoms with Crippen molar-refractivity contribution in [2.45, 2.75) is 50.4 Å². The van der Waals surface area contributed by atoms with Gasteiger partial charge in [-0.3, -0.25) is 18.6 Å². The number of hydrogen-bond donors (Lipinski definition) is 1. The molecule has 0 bridgehead atoms. The summed E-state index contributed by atoms with van der Waals surface area (Å²) in [5, 5.41) is 16.6. The predicted molar refractivity (Wildman–Crippen MR) is 128 cm³/mol. The second-order valence-electron chi connectivity index (χ2n) is 8.68. The molecule has 1 atom stereocenters. The van der Waals surface area contributed by atoms with Gasteiger partial charge in [-0.05, 0) is 30.9 Å². The van der Waals surface area contributed by atoms with Crippen molar-refractivity contribution in [3.8, 4) is 0 Å². The van der Waals surface area contributed by atoms with Crippen LogP contribution in [-0.2, 0) is 11.3 Å². The first-order valence-electron chi connectivity index (χ1n) is 11.2. The molecule has 3 aromatic heterocycles. The Hall–Kier alpha value is -3.47. The highest BCUT2D eigenvalue weighted by molar-refractivity contribution is 7.99. The lowest BCUT2D eigenvalue weighted by molar-refractivity contribution is -0.119. The molecule has 0 radical (unpaired) electrons. The van der Waals surface area contributed by atoms with Crippen LogP contribution in [0.5, 0.6) is 0 Å². The number of hydrogen-bond acceptors (Lipinski definition) is 8. The van der Waals surface area contributed by atoms with E-state index in [2.05, 4.69) is 32.2 Å². The summed E-state index contributed by atoms with van der Waals surface area (Å²) in [6.45, 7) is 8.04. The molecule has 1 saturated carbocycles. The fraction of sp³-hybridized carbons (Fsp3) is 0.391. The maximum atomic E-state index is 12.9. The van der Waals surface area contributed by atoms with E-state index in [1.54, 1.807) is 16.5 Å². The van der Waals surface area contributed by atoms with Gasteiger partial charge in [0.1, 0.15) is 6.04 Å². The molecule has 1 aliphatic rings. The summed E-state index contributed by atoms with van der Waals surface area (Å²) in [6, 6.07) is 6.91. The topological polar surface area (TPSA) is 120 Å². The van der Waals surface area contributed by atoms with Crippen molar-refractivity contribution in [2.75, 3.05) is 5.75 Å². The van der Waals surface area contributed by atoms with Crippen LogP contribution in [0.2, 0.25) is 0 Å². The van der Waals surface area contributed by atoms with Gasteiger partial charge in [0.25, 0.3) is 5.56 Å². The first-order valence-corrected chi connectivity index (χ1v) is 12.2. The van der Waals surface area contributed by atoms with Gasteiger partial charge >= 0.3 is 0 Å². The number of carbonyl (C=O) groups is 1. The van der Waals surface area contributed by atoms with Crippen LogP contribution in [0.15, 0.2) is 51.4 Å². The molecule has 1 N–H and O–H groups in total. The Morgan fingerprint density at radius 2 is 2.12 bits per heavy atom. The van der Waals surface area contributed by atoms with Crippen molar-refractivity contribution in [3.05, 3.63) is 59.0 Å². The Bertz CT molecular complexity index is 1430. The van der Waals surface area contributed by atoms with Crippen LogP contribution < -0.4 is 10.9 Å². The molecule has 0 saturated heterocycles. The highest BCUT2D eigenvalue weighted by Crippen LogP contribution is 2.38. The van der Waals surface area contributed by atoms with E-state index in [9.17, 15) is 9.59 Å². The number of thioether (sulfide) groups is 1. The third-order valence-electron chi connectivity index (χ3n) is 5.77. The molecule has 176 valence electrons. The summed E-state index contributed by atoms with van der Waals surface area (Å²) < 4.78 is 8.77. The average molecular weight is 480 g/mol. The minimum atomic E-state index is -0.373. The molecule has 4 aromatic rings. The molecule has 1 amide bonds. The third-order valence-corrected chi connectivity index (χ3v) is 6.70. The van der Waals surface area contributed by atoms with Crippen molar-refractivity contribution >= 4 is 34.3 Å². The zero-order chi connectivity index (χ0) is 23.8. The Balaban J connectivity index is 1.38. The summed E-state index contributed by atoms with van der Waals surface area (Å²) in [6.07, 6.45) is 3.80. The molecule has 5 rings (SSSR count). The molecule has 11 heteroatoms. The molecule has 34 heavy (non-hydrogen) atoms. The van der Waals surface area contributed by atoms with Crippen LogP contribution in [0.4, 0.5) is 0 Å². The molecule has 1 aliphatic carbocycles. The van der Waals surface area contributed by atoms with Crippen LogP contribution in [0.25, 0.3) is 16.7 Å². The van der Waals surface area contributed by atoms with E-state index in [0.29, 0.717) is 40.2 Å². The summed E-state index contributed by atoms with van der Waals surface area (Å²) in [5.74, 6) is 1.95. The lowest BCUT2D eigenvalue weighted by Gasteiger charge is -2.18.